The highest BCUT2D eigenvalue weighted by atomic mass is 32.2. The predicted molar refractivity (Wildman–Crippen MR) is 268 cm³/mol. The molecule has 2 fully saturated rings. The van der Waals surface area contributed by atoms with Crippen LogP contribution in [0.15, 0.2) is 95.0 Å². The number of aromatic nitrogens is 2. The number of ether oxygens (including phenoxy) is 3. The van der Waals surface area contributed by atoms with Gasteiger partial charge in [0.2, 0.25) is 0 Å². The Labute approximate surface area is 413 Å². The molecule has 5 heterocycles. The number of pyridine rings is 1. The number of carbonyl (C=O) groups is 1. The number of aromatic amines is 1. The topological polar surface area (TPSA) is 201 Å². The summed E-state index contributed by atoms with van der Waals surface area (Å²) in [5, 5.41) is 28.0. The molecular formula is C51H55F2N7O9S2. The van der Waals surface area contributed by atoms with Crippen LogP contribution in [0.3, 0.4) is 0 Å². The quantitative estimate of drug-likeness (QED) is 0.0561. The Balaban J connectivity index is 0.925. The second-order valence-corrected chi connectivity index (χ2v) is 22.0. The largest absolute Gasteiger partial charge is 0.455 e. The number of halogens is 2. The molecule has 0 saturated carbocycles. The van der Waals surface area contributed by atoms with E-state index in [-0.39, 0.29) is 46.2 Å². The molecule has 3 aromatic carbocycles. The van der Waals surface area contributed by atoms with Crippen molar-refractivity contribution in [3.05, 3.63) is 128 Å². The summed E-state index contributed by atoms with van der Waals surface area (Å²) in [6, 6.07) is 16.1. The van der Waals surface area contributed by atoms with Crippen molar-refractivity contribution in [3.63, 3.8) is 0 Å². The van der Waals surface area contributed by atoms with Crippen molar-refractivity contribution >= 4 is 60.9 Å². The van der Waals surface area contributed by atoms with E-state index in [9.17, 15) is 28.4 Å². The van der Waals surface area contributed by atoms with E-state index in [0.717, 1.165) is 47.8 Å². The van der Waals surface area contributed by atoms with Gasteiger partial charge in [0.25, 0.3) is 21.6 Å². The van der Waals surface area contributed by atoms with Crippen LogP contribution < -0.4 is 19.7 Å². The lowest BCUT2D eigenvalue weighted by Crippen LogP contribution is -2.47. The summed E-state index contributed by atoms with van der Waals surface area (Å²) >= 11 is 1.48. The van der Waals surface area contributed by atoms with Crippen molar-refractivity contribution < 1.29 is 46.2 Å². The molecule has 3 aliphatic rings. The molecule has 374 valence electrons. The zero-order chi connectivity index (χ0) is 50.2. The van der Waals surface area contributed by atoms with E-state index in [0.29, 0.717) is 63.0 Å². The Kier molecular flexibility index (Phi) is 14.0. The minimum atomic E-state index is -4.63. The number of carbonyl (C=O) groups excluding carboxylic acids is 1. The van der Waals surface area contributed by atoms with E-state index in [2.05, 4.69) is 43.7 Å². The van der Waals surface area contributed by atoms with E-state index in [4.69, 9.17) is 14.2 Å². The molecule has 1 atom stereocenters. The zero-order valence-corrected chi connectivity index (χ0v) is 41.4. The number of nitro benzene ring substituents is 1. The minimum absolute atomic E-state index is 0.0356. The zero-order valence-electron chi connectivity index (χ0n) is 39.7. The number of H-pyrrole nitrogens is 1. The molecule has 0 radical (unpaired) electrons. The van der Waals surface area contributed by atoms with Crippen LogP contribution in [0.4, 0.5) is 25.8 Å². The number of nitro groups is 1. The summed E-state index contributed by atoms with van der Waals surface area (Å²) in [6.45, 7) is 12.2. The standard InChI is InChI=1S/C51H55F2N7O9S2/c1-50(2)11-9-32(40(25-50)46-20-33(30-70-46)47-41(52)21-34(22-42(47)53)51(3,4)62)28-58-13-15-59(16-14-58)35-5-7-39(45(23-35)69-36-19-31-10-12-54-48(31)56-26-36)49(61)57-71(65,66)38-6-8-43(44(24-38)60(63)64)55-27-37-29-67-17-18-68-37/h5-8,10,12,19-24,26,30,37,55,62H,9,11,13-18,25,27-29H2,1-4H3,(H,54,56)(H,57,61)/t37-/m0/s1. The third-order valence-corrected chi connectivity index (χ3v) is 15.5. The normalized spacial score (nSPS) is 17.9. The number of amides is 1. The van der Waals surface area contributed by atoms with Crippen molar-refractivity contribution in [1.29, 1.82) is 0 Å². The number of piperazine rings is 1. The van der Waals surface area contributed by atoms with Crippen molar-refractivity contribution in [2.45, 2.75) is 63.6 Å². The first-order chi connectivity index (χ1) is 33.8. The summed E-state index contributed by atoms with van der Waals surface area (Å²) in [6.07, 6.45) is 5.57. The van der Waals surface area contributed by atoms with Gasteiger partial charge < -0.3 is 34.5 Å². The molecule has 71 heavy (non-hydrogen) atoms. The average molecular weight is 1010 g/mol. The maximum Gasteiger partial charge on any atom is 0.293 e. The van der Waals surface area contributed by atoms with Crippen LogP contribution in [0.2, 0.25) is 0 Å². The van der Waals surface area contributed by atoms with E-state index in [1.54, 1.807) is 29.8 Å². The molecule has 16 nitrogen and oxygen atoms in total. The maximum atomic E-state index is 15.4. The first kappa shape index (κ1) is 49.7. The Morgan fingerprint density at radius 1 is 1.06 bits per heavy atom. The van der Waals surface area contributed by atoms with E-state index < -0.39 is 48.7 Å². The number of rotatable bonds is 15. The van der Waals surface area contributed by atoms with Gasteiger partial charge in [0.1, 0.15) is 34.5 Å². The molecule has 9 rings (SSSR count). The highest BCUT2D eigenvalue weighted by Crippen LogP contribution is 2.46. The first-order valence-corrected chi connectivity index (χ1v) is 25.7. The SMILES string of the molecule is CC1(C)CCC(CN2CCN(c3ccc(C(=O)NS(=O)(=O)c4ccc(NC[C@H]5COCCO5)c([N+](=O)[O-])c4)c(Oc4cnc5[nH]ccc5c4)c3)CC2)=C(c2cc(-c3c(F)cc(C(C)(C)O)cc3F)cs2)C1. The molecule has 20 heteroatoms. The average Bonchev–Trinajstić information content (AvgIpc) is 4.01. The highest BCUT2D eigenvalue weighted by molar-refractivity contribution is 7.90. The number of anilines is 2. The molecule has 0 spiro atoms. The number of benzene rings is 3. The second-order valence-electron chi connectivity index (χ2n) is 19.4. The fraction of sp³-hybridized carbons (Fsp3) is 0.373. The lowest BCUT2D eigenvalue weighted by Gasteiger charge is -2.39. The molecular weight excluding hydrogens is 957 g/mol. The Bertz CT molecular complexity index is 3110. The van der Waals surface area contributed by atoms with E-state index in [1.807, 2.05) is 12.1 Å². The maximum absolute atomic E-state index is 15.4. The van der Waals surface area contributed by atoms with E-state index >= 15 is 8.78 Å². The number of hydrogen-bond acceptors (Lipinski definition) is 14. The Morgan fingerprint density at radius 2 is 1.83 bits per heavy atom. The number of nitrogens with zero attached hydrogens (tertiary/aromatic N) is 4. The molecule has 0 unspecified atom stereocenters. The number of nitrogens with one attached hydrogen (secondary N) is 3. The molecule has 2 saturated heterocycles. The van der Waals surface area contributed by atoms with Crippen molar-refractivity contribution in [2.75, 3.05) is 69.3 Å². The van der Waals surface area contributed by atoms with Gasteiger partial charge in [-0.15, -0.1) is 11.3 Å². The number of thiophene rings is 1. The first-order valence-electron chi connectivity index (χ1n) is 23.3. The highest BCUT2D eigenvalue weighted by Gasteiger charge is 2.32. The fourth-order valence-electron chi connectivity index (χ4n) is 9.21. The number of hydrogen-bond donors (Lipinski definition) is 4. The van der Waals surface area contributed by atoms with Crippen LogP contribution in [0.25, 0.3) is 27.7 Å². The lowest BCUT2D eigenvalue weighted by atomic mass is 9.73. The number of allylic oxidation sites excluding steroid dienone is 1. The van der Waals surface area contributed by atoms with Crippen LogP contribution in [-0.4, -0.2) is 104 Å². The fourth-order valence-corrected chi connectivity index (χ4v) is 11.2. The summed E-state index contributed by atoms with van der Waals surface area (Å²) in [5.41, 5.74) is 2.48. The number of sulfonamides is 1. The van der Waals surface area contributed by atoms with Crippen LogP contribution >= 0.6 is 11.3 Å². The van der Waals surface area contributed by atoms with Crippen LogP contribution in [0.1, 0.15) is 67.8 Å². The van der Waals surface area contributed by atoms with Crippen molar-refractivity contribution in [1.82, 2.24) is 19.6 Å². The molecule has 3 aromatic heterocycles. The smallest absolute Gasteiger partial charge is 0.293 e. The molecule has 0 bridgehead atoms. The monoisotopic (exact) mass is 1010 g/mol. The van der Waals surface area contributed by atoms with Gasteiger partial charge in [-0.1, -0.05) is 19.4 Å². The van der Waals surface area contributed by atoms with Gasteiger partial charge in [-0.05, 0) is 115 Å². The summed E-state index contributed by atoms with van der Waals surface area (Å²) in [4.78, 5) is 37.9. The number of fused-ring (bicyclic) bond motifs is 1. The molecule has 1 amide bonds. The molecule has 1 aliphatic carbocycles. The lowest BCUT2D eigenvalue weighted by molar-refractivity contribution is -0.384. The molecule has 6 aromatic rings. The molecule has 4 N–H and O–H groups in total. The van der Waals surface area contributed by atoms with E-state index in [1.165, 1.54) is 72.9 Å². The van der Waals surface area contributed by atoms with Crippen molar-refractivity contribution in [3.8, 4) is 22.6 Å². The Hall–Kier alpha value is -6.29. The second kappa shape index (κ2) is 20.1. The van der Waals surface area contributed by atoms with Gasteiger partial charge in [-0.3, -0.25) is 19.8 Å². The third-order valence-electron chi connectivity index (χ3n) is 13.2. The van der Waals surface area contributed by atoms with Gasteiger partial charge >= 0.3 is 0 Å². The van der Waals surface area contributed by atoms with Gasteiger partial charge in [0, 0.05) is 73.5 Å². The summed E-state index contributed by atoms with van der Waals surface area (Å²) in [7, 11) is -4.63. The number of aliphatic hydroxyl groups is 1. The van der Waals surface area contributed by atoms with Crippen LogP contribution in [-0.2, 0) is 25.1 Å². The molecule has 2 aliphatic heterocycles. The van der Waals surface area contributed by atoms with Crippen molar-refractivity contribution in [2.24, 2.45) is 5.41 Å². The van der Waals surface area contributed by atoms with Gasteiger partial charge in [-0.25, -0.2) is 26.9 Å². The van der Waals surface area contributed by atoms with Gasteiger partial charge in [0.05, 0.1) is 58.7 Å². The summed E-state index contributed by atoms with van der Waals surface area (Å²) < 4.78 is 77.7. The third kappa shape index (κ3) is 11.3. The van der Waals surface area contributed by atoms with Crippen LogP contribution in [0.5, 0.6) is 11.5 Å². The predicted octanol–water partition coefficient (Wildman–Crippen LogP) is 9.23. The van der Waals surface area contributed by atoms with Gasteiger partial charge in [0.15, 0.2) is 0 Å². The Morgan fingerprint density at radius 3 is 2.55 bits per heavy atom. The van der Waals surface area contributed by atoms with Gasteiger partial charge in [-0.2, -0.15) is 0 Å². The summed E-state index contributed by atoms with van der Waals surface area (Å²) in [5.74, 6) is -2.09. The van der Waals surface area contributed by atoms with Crippen LogP contribution in [0, 0.1) is 27.2 Å². The minimum Gasteiger partial charge on any atom is -0.455 e.